The van der Waals surface area contributed by atoms with Crippen LogP contribution in [0.5, 0.6) is 0 Å². The SMILES string of the molecule is Nc1ccc2c(N)cccc2c1S(=O)(=O)O. The first-order valence-electron chi connectivity index (χ1n) is 4.45. The lowest BCUT2D eigenvalue weighted by molar-refractivity contribution is 0.484. The van der Waals surface area contributed by atoms with Gasteiger partial charge in [0.25, 0.3) is 10.1 Å². The molecule has 0 atom stereocenters. The number of rotatable bonds is 1. The van der Waals surface area contributed by atoms with Crippen LogP contribution < -0.4 is 11.5 Å². The summed E-state index contributed by atoms with van der Waals surface area (Å²) in [5, 5.41) is 0.867. The van der Waals surface area contributed by atoms with Gasteiger partial charge in [-0.2, -0.15) is 8.42 Å². The van der Waals surface area contributed by atoms with E-state index in [1.807, 2.05) is 0 Å². The highest BCUT2D eigenvalue weighted by molar-refractivity contribution is 7.86. The molecule has 0 spiro atoms. The fourth-order valence-electron chi connectivity index (χ4n) is 1.66. The second-order valence-corrected chi connectivity index (χ2v) is 4.76. The topological polar surface area (TPSA) is 106 Å². The van der Waals surface area contributed by atoms with Crippen LogP contribution in [0.4, 0.5) is 11.4 Å². The van der Waals surface area contributed by atoms with Crippen LogP contribution in [0.2, 0.25) is 0 Å². The fourth-order valence-corrected chi connectivity index (χ4v) is 2.48. The number of hydrogen-bond donors (Lipinski definition) is 3. The van der Waals surface area contributed by atoms with E-state index in [4.69, 9.17) is 16.0 Å². The summed E-state index contributed by atoms with van der Waals surface area (Å²) in [6, 6.07) is 7.82. The first-order chi connectivity index (χ1) is 7.41. The van der Waals surface area contributed by atoms with E-state index in [9.17, 15) is 8.42 Å². The Balaban J connectivity index is 3.03. The van der Waals surface area contributed by atoms with Gasteiger partial charge in [0, 0.05) is 16.5 Å². The highest BCUT2D eigenvalue weighted by Crippen LogP contribution is 2.31. The monoisotopic (exact) mass is 238 g/mol. The van der Waals surface area contributed by atoms with E-state index in [0.29, 0.717) is 16.5 Å². The van der Waals surface area contributed by atoms with Crippen LogP contribution in [0.15, 0.2) is 35.2 Å². The van der Waals surface area contributed by atoms with Crippen molar-refractivity contribution in [3.05, 3.63) is 30.3 Å². The first-order valence-corrected chi connectivity index (χ1v) is 5.89. The van der Waals surface area contributed by atoms with Gasteiger partial charge in [-0.05, 0) is 12.1 Å². The van der Waals surface area contributed by atoms with Gasteiger partial charge in [0.2, 0.25) is 0 Å². The number of benzene rings is 2. The van der Waals surface area contributed by atoms with Crippen molar-refractivity contribution in [1.29, 1.82) is 0 Å². The van der Waals surface area contributed by atoms with E-state index in [1.165, 1.54) is 6.07 Å². The van der Waals surface area contributed by atoms with Gasteiger partial charge < -0.3 is 11.5 Å². The lowest BCUT2D eigenvalue weighted by Crippen LogP contribution is -2.04. The molecule has 0 fully saturated rings. The summed E-state index contributed by atoms with van der Waals surface area (Å²) < 4.78 is 31.5. The van der Waals surface area contributed by atoms with Gasteiger partial charge in [-0.25, -0.2) is 0 Å². The number of fused-ring (bicyclic) bond motifs is 1. The van der Waals surface area contributed by atoms with Crippen LogP contribution in [-0.2, 0) is 10.1 Å². The summed E-state index contributed by atoms with van der Waals surface area (Å²) in [5.41, 5.74) is 11.7. The van der Waals surface area contributed by atoms with E-state index in [-0.39, 0.29) is 10.6 Å². The number of nitrogens with two attached hydrogens (primary N) is 2. The molecule has 0 aromatic heterocycles. The molecule has 2 aromatic rings. The van der Waals surface area contributed by atoms with Crippen molar-refractivity contribution >= 4 is 32.3 Å². The maximum absolute atomic E-state index is 11.2. The molecule has 0 amide bonds. The van der Waals surface area contributed by atoms with Crippen molar-refractivity contribution < 1.29 is 13.0 Å². The zero-order valence-corrected chi connectivity index (χ0v) is 9.03. The molecule has 0 unspecified atom stereocenters. The third-order valence-electron chi connectivity index (χ3n) is 2.33. The Kier molecular flexibility index (Phi) is 2.25. The Labute approximate surface area is 92.4 Å². The fraction of sp³-hybridized carbons (Fsp3) is 0. The van der Waals surface area contributed by atoms with Crippen molar-refractivity contribution in [1.82, 2.24) is 0 Å². The highest BCUT2D eigenvalue weighted by Gasteiger charge is 2.18. The van der Waals surface area contributed by atoms with Crippen LogP contribution in [-0.4, -0.2) is 13.0 Å². The van der Waals surface area contributed by atoms with Gasteiger partial charge in [-0.1, -0.05) is 18.2 Å². The van der Waals surface area contributed by atoms with Crippen LogP contribution in [0, 0.1) is 0 Å². The molecule has 0 saturated carbocycles. The average Bonchev–Trinajstić information content (AvgIpc) is 2.15. The number of hydrogen-bond acceptors (Lipinski definition) is 4. The maximum atomic E-state index is 11.2. The molecule has 0 aliphatic heterocycles. The summed E-state index contributed by atoms with van der Waals surface area (Å²) in [5.74, 6) is 0. The molecular weight excluding hydrogens is 228 g/mol. The summed E-state index contributed by atoms with van der Waals surface area (Å²) in [7, 11) is -4.36. The van der Waals surface area contributed by atoms with Crippen molar-refractivity contribution in [3.8, 4) is 0 Å². The molecule has 0 radical (unpaired) electrons. The molecule has 6 heteroatoms. The van der Waals surface area contributed by atoms with Gasteiger partial charge in [-0.3, -0.25) is 4.55 Å². The molecule has 2 aromatic carbocycles. The molecule has 0 aliphatic rings. The summed E-state index contributed by atoms with van der Waals surface area (Å²) in [6.07, 6.45) is 0. The molecular formula is C10H10N2O3S. The molecule has 5 nitrogen and oxygen atoms in total. The van der Waals surface area contributed by atoms with Gasteiger partial charge in [0.1, 0.15) is 4.90 Å². The minimum atomic E-state index is -4.36. The largest absolute Gasteiger partial charge is 0.398 e. The Hall–Kier alpha value is -1.79. The first kappa shape index (κ1) is 10.7. The van der Waals surface area contributed by atoms with Crippen molar-refractivity contribution in [2.24, 2.45) is 0 Å². The molecule has 16 heavy (non-hydrogen) atoms. The quantitative estimate of drug-likeness (QED) is 0.512. The second kappa shape index (κ2) is 3.36. The Morgan fingerprint density at radius 1 is 0.938 bits per heavy atom. The summed E-state index contributed by atoms with van der Waals surface area (Å²) >= 11 is 0. The Bertz CT molecular complexity index is 665. The smallest absolute Gasteiger partial charge is 0.297 e. The van der Waals surface area contributed by atoms with E-state index >= 15 is 0 Å². The molecule has 2 rings (SSSR count). The molecule has 5 N–H and O–H groups in total. The zero-order valence-electron chi connectivity index (χ0n) is 8.21. The molecule has 0 saturated heterocycles. The van der Waals surface area contributed by atoms with Crippen LogP contribution in [0.25, 0.3) is 10.8 Å². The van der Waals surface area contributed by atoms with E-state index in [2.05, 4.69) is 0 Å². The maximum Gasteiger partial charge on any atom is 0.297 e. The number of anilines is 2. The molecule has 0 aliphatic carbocycles. The number of nitrogen functional groups attached to an aromatic ring is 2. The van der Waals surface area contributed by atoms with Crippen LogP contribution in [0.3, 0.4) is 0 Å². The van der Waals surface area contributed by atoms with Crippen LogP contribution >= 0.6 is 0 Å². The van der Waals surface area contributed by atoms with E-state index in [0.717, 1.165) is 0 Å². The van der Waals surface area contributed by atoms with E-state index in [1.54, 1.807) is 24.3 Å². The molecule has 0 bridgehead atoms. The average molecular weight is 238 g/mol. The van der Waals surface area contributed by atoms with Crippen molar-refractivity contribution in [3.63, 3.8) is 0 Å². The van der Waals surface area contributed by atoms with Gasteiger partial charge in [0.05, 0.1) is 5.69 Å². The lowest BCUT2D eigenvalue weighted by Gasteiger charge is -2.08. The zero-order chi connectivity index (χ0) is 11.9. The normalized spacial score (nSPS) is 11.8. The standard InChI is InChI=1S/C10H10N2O3S/c11-8-3-1-2-7-6(8)4-5-9(12)10(7)16(13,14)15/h1-5H,11-12H2,(H,13,14,15). The lowest BCUT2D eigenvalue weighted by atomic mass is 10.1. The highest BCUT2D eigenvalue weighted by atomic mass is 32.2. The molecule has 84 valence electrons. The van der Waals surface area contributed by atoms with Gasteiger partial charge in [-0.15, -0.1) is 0 Å². The summed E-state index contributed by atoms with van der Waals surface area (Å²) in [4.78, 5) is -0.294. The third-order valence-corrected chi connectivity index (χ3v) is 3.31. The Morgan fingerprint density at radius 3 is 2.25 bits per heavy atom. The molecule has 0 heterocycles. The van der Waals surface area contributed by atoms with Crippen molar-refractivity contribution in [2.75, 3.05) is 11.5 Å². The predicted octanol–water partition coefficient (Wildman–Crippen LogP) is 1.25. The van der Waals surface area contributed by atoms with Crippen molar-refractivity contribution in [2.45, 2.75) is 4.90 Å². The minimum Gasteiger partial charge on any atom is -0.398 e. The second-order valence-electron chi connectivity index (χ2n) is 3.40. The Morgan fingerprint density at radius 2 is 1.62 bits per heavy atom. The summed E-state index contributed by atoms with van der Waals surface area (Å²) in [6.45, 7) is 0. The third kappa shape index (κ3) is 1.58. The minimum absolute atomic E-state index is 0.000556. The van der Waals surface area contributed by atoms with Gasteiger partial charge in [0.15, 0.2) is 0 Å². The van der Waals surface area contributed by atoms with E-state index < -0.39 is 10.1 Å². The van der Waals surface area contributed by atoms with Crippen LogP contribution in [0.1, 0.15) is 0 Å². The predicted molar refractivity (Wildman–Crippen MR) is 62.6 cm³/mol. The van der Waals surface area contributed by atoms with Gasteiger partial charge >= 0.3 is 0 Å².